The van der Waals surface area contributed by atoms with E-state index in [0.29, 0.717) is 0 Å². The van der Waals surface area contributed by atoms with Crippen molar-refractivity contribution in [3.63, 3.8) is 0 Å². The Kier molecular flexibility index (Phi) is 3.91. The third-order valence-electron chi connectivity index (χ3n) is 5.18. The number of hydrogen-bond donors (Lipinski definition) is 0. The Labute approximate surface area is 158 Å². The molecule has 0 saturated heterocycles. The summed E-state index contributed by atoms with van der Waals surface area (Å²) in [7, 11) is 0. The van der Waals surface area contributed by atoms with Gasteiger partial charge in [-0.2, -0.15) is 0 Å². The minimum Gasteiger partial charge on any atom is -0.248 e. The summed E-state index contributed by atoms with van der Waals surface area (Å²) in [6.45, 7) is 0. The first-order valence-electron chi connectivity index (χ1n) is 9.29. The maximum absolute atomic E-state index is 4.91. The molecule has 0 spiro atoms. The highest BCUT2D eigenvalue weighted by Gasteiger charge is 2.22. The summed E-state index contributed by atoms with van der Waals surface area (Å²) in [6.07, 6.45) is 0. The SMILES string of the molecule is c1ccc(C(c2ccccc2)c2c3ccccc3nc3ccccc23)cc1. The molecule has 5 rings (SSSR count). The molecule has 0 aliphatic rings. The fraction of sp³-hybridized carbons (Fsp3) is 0.0385. The predicted molar refractivity (Wildman–Crippen MR) is 113 cm³/mol. The lowest BCUT2D eigenvalue weighted by atomic mass is 9.81. The number of para-hydroxylation sites is 2. The number of hydrogen-bond acceptors (Lipinski definition) is 1. The molecule has 0 atom stereocenters. The van der Waals surface area contributed by atoms with Gasteiger partial charge in [0, 0.05) is 16.7 Å². The summed E-state index contributed by atoms with van der Waals surface area (Å²) < 4.78 is 0. The van der Waals surface area contributed by atoms with Crippen LogP contribution in [0, 0.1) is 0 Å². The average Bonchev–Trinajstić information content (AvgIpc) is 2.75. The Morgan fingerprint density at radius 2 is 0.852 bits per heavy atom. The lowest BCUT2D eigenvalue weighted by Gasteiger charge is -2.22. The van der Waals surface area contributed by atoms with E-state index < -0.39 is 0 Å². The molecule has 0 aliphatic heterocycles. The number of benzene rings is 4. The van der Waals surface area contributed by atoms with E-state index in [4.69, 9.17) is 4.98 Å². The van der Waals surface area contributed by atoms with E-state index in [1.54, 1.807) is 0 Å². The van der Waals surface area contributed by atoms with Crippen LogP contribution in [0.5, 0.6) is 0 Å². The Morgan fingerprint density at radius 3 is 1.33 bits per heavy atom. The number of rotatable bonds is 3. The average molecular weight is 345 g/mol. The van der Waals surface area contributed by atoms with Gasteiger partial charge in [0.25, 0.3) is 0 Å². The van der Waals surface area contributed by atoms with E-state index in [0.717, 1.165) is 11.0 Å². The molecule has 0 saturated carbocycles. The van der Waals surface area contributed by atoms with Crippen molar-refractivity contribution in [2.75, 3.05) is 0 Å². The molecule has 1 heterocycles. The van der Waals surface area contributed by atoms with Crippen LogP contribution in [0.1, 0.15) is 22.6 Å². The minimum atomic E-state index is 0.158. The molecule has 128 valence electrons. The molecular formula is C26H19N. The van der Waals surface area contributed by atoms with Crippen LogP contribution in [0.2, 0.25) is 0 Å². The molecule has 0 N–H and O–H groups in total. The topological polar surface area (TPSA) is 12.9 Å². The highest BCUT2D eigenvalue weighted by molar-refractivity contribution is 5.98. The molecule has 0 unspecified atom stereocenters. The monoisotopic (exact) mass is 345 g/mol. The van der Waals surface area contributed by atoms with E-state index >= 15 is 0 Å². The zero-order valence-corrected chi connectivity index (χ0v) is 14.9. The Morgan fingerprint density at radius 1 is 0.444 bits per heavy atom. The molecule has 0 bridgehead atoms. The van der Waals surface area contributed by atoms with Crippen LogP contribution < -0.4 is 0 Å². The van der Waals surface area contributed by atoms with Gasteiger partial charge in [-0.05, 0) is 28.8 Å². The van der Waals surface area contributed by atoms with Crippen molar-refractivity contribution in [1.29, 1.82) is 0 Å². The van der Waals surface area contributed by atoms with Gasteiger partial charge in [0.15, 0.2) is 0 Å². The van der Waals surface area contributed by atoms with Crippen LogP contribution in [0.25, 0.3) is 21.8 Å². The molecule has 1 heteroatoms. The maximum atomic E-state index is 4.91. The van der Waals surface area contributed by atoms with Gasteiger partial charge in [-0.15, -0.1) is 0 Å². The van der Waals surface area contributed by atoms with Crippen molar-refractivity contribution in [2.45, 2.75) is 5.92 Å². The lowest BCUT2D eigenvalue weighted by Crippen LogP contribution is -2.06. The number of aromatic nitrogens is 1. The molecular weight excluding hydrogens is 326 g/mol. The second-order valence-electron chi connectivity index (χ2n) is 6.81. The van der Waals surface area contributed by atoms with Crippen LogP contribution in [-0.4, -0.2) is 4.98 Å². The minimum absolute atomic E-state index is 0.158. The summed E-state index contributed by atoms with van der Waals surface area (Å²) >= 11 is 0. The first-order valence-corrected chi connectivity index (χ1v) is 9.29. The van der Waals surface area contributed by atoms with Crippen LogP contribution in [0.15, 0.2) is 109 Å². The largest absolute Gasteiger partial charge is 0.248 e. The highest BCUT2D eigenvalue weighted by atomic mass is 14.7. The highest BCUT2D eigenvalue weighted by Crippen LogP contribution is 2.39. The molecule has 0 radical (unpaired) electrons. The van der Waals surface area contributed by atoms with Crippen molar-refractivity contribution in [3.8, 4) is 0 Å². The summed E-state index contributed by atoms with van der Waals surface area (Å²) in [5, 5.41) is 2.43. The van der Waals surface area contributed by atoms with Crippen LogP contribution in [0.4, 0.5) is 0 Å². The number of fused-ring (bicyclic) bond motifs is 2. The van der Waals surface area contributed by atoms with E-state index in [-0.39, 0.29) is 5.92 Å². The summed E-state index contributed by atoms with van der Waals surface area (Å²) in [5.74, 6) is 0.158. The van der Waals surface area contributed by atoms with Crippen molar-refractivity contribution < 1.29 is 0 Å². The van der Waals surface area contributed by atoms with Crippen LogP contribution in [0.3, 0.4) is 0 Å². The van der Waals surface area contributed by atoms with E-state index in [1.165, 1.54) is 27.5 Å². The van der Waals surface area contributed by atoms with Gasteiger partial charge in [0.1, 0.15) is 0 Å². The standard InChI is InChI=1S/C26H19N/c1-3-11-19(12-4-1)25(20-13-5-2-6-14-20)26-21-15-7-9-17-23(21)27-24-18-10-8-16-22(24)26/h1-18,25H. The molecule has 0 fully saturated rings. The predicted octanol–water partition coefficient (Wildman–Crippen LogP) is 6.57. The molecule has 1 aromatic heterocycles. The van der Waals surface area contributed by atoms with Crippen molar-refractivity contribution >= 4 is 21.8 Å². The van der Waals surface area contributed by atoms with E-state index in [1.807, 2.05) is 0 Å². The first-order chi connectivity index (χ1) is 13.4. The van der Waals surface area contributed by atoms with Crippen LogP contribution in [-0.2, 0) is 0 Å². The second-order valence-corrected chi connectivity index (χ2v) is 6.81. The van der Waals surface area contributed by atoms with Crippen molar-refractivity contribution in [1.82, 2.24) is 4.98 Å². The summed E-state index contributed by atoms with van der Waals surface area (Å²) in [6, 6.07) is 38.5. The second kappa shape index (κ2) is 6.69. The zero-order chi connectivity index (χ0) is 18.1. The van der Waals surface area contributed by atoms with E-state index in [9.17, 15) is 0 Å². The van der Waals surface area contributed by atoms with Crippen molar-refractivity contribution in [3.05, 3.63) is 126 Å². The van der Waals surface area contributed by atoms with Gasteiger partial charge >= 0.3 is 0 Å². The summed E-state index contributed by atoms with van der Waals surface area (Å²) in [4.78, 5) is 4.91. The number of nitrogens with zero attached hydrogens (tertiary/aromatic N) is 1. The molecule has 1 nitrogen and oxygen atoms in total. The maximum Gasteiger partial charge on any atom is 0.0712 e. The fourth-order valence-corrected chi connectivity index (χ4v) is 4.00. The molecule has 4 aromatic carbocycles. The lowest BCUT2D eigenvalue weighted by molar-refractivity contribution is 0.998. The van der Waals surface area contributed by atoms with Crippen LogP contribution >= 0.6 is 0 Å². The Balaban J connectivity index is 1.92. The first kappa shape index (κ1) is 15.8. The van der Waals surface area contributed by atoms with Crippen molar-refractivity contribution in [2.24, 2.45) is 0 Å². The molecule has 5 aromatic rings. The van der Waals surface area contributed by atoms with E-state index in [2.05, 4.69) is 109 Å². The van der Waals surface area contributed by atoms with Gasteiger partial charge in [0.2, 0.25) is 0 Å². The Hall–Kier alpha value is -3.45. The van der Waals surface area contributed by atoms with Gasteiger partial charge in [-0.25, -0.2) is 4.98 Å². The van der Waals surface area contributed by atoms with Gasteiger partial charge in [-0.3, -0.25) is 0 Å². The molecule has 0 aliphatic carbocycles. The third kappa shape index (κ3) is 2.78. The third-order valence-corrected chi connectivity index (χ3v) is 5.18. The molecule has 27 heavy (non-hydrogen) atoms. The van der Waals surface area contributed by atoms with Gasteiger partial charge < -0.3 is 0 Å². The fourth-order valence-electron chi connectivity index (χ4n) is 4.00. The Bertz CT molecular complexity index is 1120. The number of pyridine rings is 1. The van der Waals surface area contributed by atoms with Gasteiger partial charge in [0.05, 0.1) is 11.0 Å². The normalized spacial score (nSPS) is 11.3. The zero-order valence-electron chi connectivity index (χ0n) is 14.9. The quantitative estimate of drug-likeness (QED) is 0.337. The summed E-state index contributed by atoms with van der Waals surface area (Å²) in [5.41, 5.74) is 6.01. The van der Waals surface area contributed by atoms with Gasteiger partial charge in [-0.1, -0.05) is 97.1 Å². The molecule has 0 amide bonds. The smallest absolute Gasteiger partial charge is 0.0712 e.